The average molecular weight is 519 g/mol. The van der Waals surface area contributed by atoms with Crippen molar-refractivity contribution < 1.29 is 44.2 Å². The molecule has 2 aromatic rings. The van der Waals surface area contributed by atoms with E-state index in [0.717, 1.165) is 11.8 Å². The van der Waals surface area contributed by atoms with Gasteiger partial charge in [-0.25, -0.2) is 8.42 Å². The summed E-state index contributed by atoms with van der Waals surface area (Å²) in [6.45, 7) is 19.1. The molecular weight excluding hydrogens is 496 g/mol. The van der Waals surface area contributed by atoms with Gasteiger partial charge in [-0.15, -0.1) is 41.6 Å². The molecule has 0 saturated carbocycles. The fourth-order valence-electron chi connectivity index (χ4n) is 2.41. The van der Waals surface area contributed by atoms with Gasteiger partial charge in [0.25, 0.3) is 0 Å². The number of ketones is 1. The molecule has 0 fully saturated rings. The maximum atomic E-state index is 13.2. The monoisotopic (exact) mass is 519 g/mol. The minimum atomic E-state index is -3.77. The summed E-state index contributed by atoms with van der Waals surface area (Å²) in [6.07, 6.45) is 5.49. The van der Waals surface area contributed by atoms with Gasteiger partial charge < -0.3 is 4.79 Å². The topological polar surface area (TPSA) is 111 Å². The van der Waals surface area contributed by atoms with Gasteiger partial charge in [-0.05, 0) is 17.1 Å². The summed E-state index contributed by atoms with van der Waals surface area (Å²) in [7, 11) is -3.77. The largest absolute Gasteiger partial charge is 0 e. The average Bonchev–Trinajstić information content (AvgIpc) is 2.81. The number of Topliss-reactive ketones (excluding diaryl/α,β-unsaturated/α-hetero) is 1. The summed E-state index contributed by atoms with van der Waals surface area (Å²) in [5.74, 6) is -0.582. The summed E-state index contributed by atoms with van der Waals surface area (Å²) >= 11 is 0. The van der Waals surface area contributed by atoms with Gasteiger partial charge in [0.05, 0.1) is 0 Å². The minimum absolute atomic E-state index is 0. The van der Waals surface area contributed by atoms with Crippen molar-refractivity contribution in [2.45, 2.75) is 20.8 Å². The Labute approximate surface area is 212 Å². The van der Waals surface area contributed by atoms with E-state index in [2.05, 4.69) is 31.8 Å². The Morgan fingerprint density at radius 1 is 0.882 bits per heavy atom. The van der Waals surface area contributed by atoms with Crippen molar-refractivity contribution in [3.63, 3.8) is 0 Å². The van der Waals surface area contributed by atoms with Crippen molar-refractivity contribution in [2.75, 3.05) is 6.26 Å². The Kier molecular flexibility index (Phi) is 19.4. The van der Waals surface area contributed by atoms with E-state index < -0.39 is 21.0 Å². The summed E-state index contributed by atoms with van der Waals surface area (Å²) in [5.41, 5.74) is 4.14. The molecule has 2 aromatic carbocycles. The van der Waals surface area contributed by atoms with Crippen LogP contribution >= 0.6 is 0 Å². The molecule has 0 amide bonds. The first-order chi connectivity index (χ1) is 15.6. The van der Waals surface area contributed by atoms with Crippen molar-refractivity contribution >= 4 is 21.7 Å². The van der Waals surface area contributed by atoms with E-state index in [1.165, 1.54) is 0 Å². The fourth-order valence-corrected chi connectivity index (χ4v) is 3.15. The normalized spacial score (nSPS) is 9.88. The van der Waals surface area contributed by atoms with Crippen molar-refractivity contribution in [3.8, 4) is 0 Å². The Balaban J connectivity index is -0.00000127. The Bertz CT molecular complexity index is 1130. The van der Waals surface area contributed by atoms with E-state index in [9.17, 15) is 13.2 Å². The van der Waals surface area contributed by atoms with Crippen LogP contribution < -0.4 is 0 Å². The molecule has 0 heterocycles. The summed E-state index contributed by atoms with van der Waals surface area (Å²) in [5, 5.41) is 0. The number of hydrogen-bond acceptors (Lipinski definition) is 3. The third kappa shape index (κ3) is 12.9. The van der Waals surface area contributed by atoms with E-state index >= 15 is 0 Å². The predicted octanol–water partition coefficient (Wildman–Crippen LogP) is 4.51. The number of rotatable bonds is 5. The molecule has 0 aliphatic carbocycles. The molecule has 0 spiro atoms. The van der Waals surface area contributed by atoms with Crippen LogP contribution in [0.25, 0.3) is 6.08 Å². The Hall–Kier alpha value is -2.94. The molecule has 6 nitrogen and oxygen atoms in total. The van der Waals surface area contributed by atoms with Crippen molar-refractivity contribution in [1.29, 1.82) is 0 Å². The molecular formula is C26H23FeO6S-. The van der Waals surface area contributed by atoms with Crippen molar-refractivity contribution in [1.82, 2.24) is 0 Å². The summed E-state index contributed by atoms with van der Waals surface area (Å²) < 4.78 is 47.1. The van der Waals surface area contributed by atoms with E-state index in [1.54, 1.807) is 30.3 Å². The van der Waals surface area contributed by atoms with Gasteiger partial charge in [-0.2, -0.15) is 0 Å². The number of allylic oxidation sites excluding steroid dienone is 2. The first-order valence-corrected chi connectivity index (χ1v) is 11.1. The molecule has 0 bridgehead atoms. The molecule has 0 atom stereocenters. The number of carbonyl (C=O) groups excluding carboxylic acids is 1. The molecule has 0 aromatic heterocycles. The zero-order chi connectivity index (χ0) is 26.1. The predicted molar refractivity (Wildman–Crippen MR) is 121 cm³/mol. The zero-order valence-electron chi connectivity index (χ0n) is 19.1. The van der Waals surface area contributed by atoms with Crippen LogP contribution in [-0.2, 0) is 45.7 Å². The fraction of sp³-hybridized carbons (Fsp3) is 0.192. The van der Waals surface area contributed by atoms with Crippen LogP contribution in [0.5, 0.6) is 0 Å². The van der Waals surface area contributed by atoms with Crippen LogP contribution in [0.2, 0.25) is 0 Å². The van der Waals surface area contributed by atoms with Crippen LogP contribution in [0.3, 0.4) is 0 Å². The van der Waals surface area contributed by atoms with Crippen LogP contribution in [0.1, 0.15) is 31.9 Å². The van der Waals surface area contributed by atoms with E-state index in [-0.39, 0.29) is 27.5 Å². The smallest absolute Gasteiger partial charge is 0 e. The number of sulfone groups is 1. The van der Waals surface area contributed by atoms with E-state index in [0.29, 0.717) is 5.56 Å². The summed E-state index contributed by atoms with van der Waals surface area (Å²) in [4.78, 5) is 12.8. The SMILES string of the molecule is CC(C)(C)C(=C=Cc1ccccc1)C(=O)C(=[C-]c1ccccc1)S(C)(=O)=O.[C-]#[O+].[C-]#[O+].[C-]#[O+].[Fe]. The first-order valence-electron chi connectivity index (χ1n) is 9.16. The Morgan fingerprint density at radius 3 is 1.68 bits per heavy atom. The summed E-state index contributed by atoms with van der Waals surface area (Å²) in [6, 6.07) is 18.2. The van der Waals surface area contributed by atoms with Gasteiger partial charge in [0.15, 0.2) is 9.84 Å². The minimum Gasteiger partial charge on any atom is 0 e. The van der Waals surface area contributed by atoms with Crippen LogP contribution in [0.15, 0.2) is 76.9 Å². The van der Waals surface area contributed by atoms with Gasteiger partial charge in [0.1, 0.15) is 5.78 Å². The molecule has 8 heteroatoms. The maximum absolute atomic E-state index is 13.2. The third-order valence-corrected chi connectivity index (χ3v) is 4.80. The van der Waals surface area contributed by atoms with Crippen LogP contribution in [0.4, 0.5) is 0 Å². The van der Waals surface area contributed by atoms with Gasteiger partial charge in [0, 0.05) is 33.8 Å². The molecule has 0 N–H and O–H groups in total. The third-order valence-electron chi connectivity index (χ3n) is 3.77. The molecule has 178 valence electrons. The number of benzene rings is 2. The molecule has 0 radical (unpaired) electrons. The molecule has 0 unspecified atom stereocenters. The second-order valence-corrected chi connectivity index (χ2v) is 9.20. The first kappa shape index (κ1) is 35.6. The molecule has 34 heavy (non-hydrogen) atoms. The maximum Gasteiger partial charge on any atom is 0 e. The zero-order valence-corrected chi connectivity index (χ0v) is 21.0. The standard InChI is InChI=1S/C23H23O3S.3CO.Fe/c1-23(2,3)20(16-15-18-11-7-5-8-12-18)22(24)21(27(4,25)26)17-19-13-9-6-10-14-19;3*1-2;/h5-15H,1-4H3;;;;/q-1;;;;. The van der Waals surface area contributed by atoms with Crippen LogP contribution in [0, 0.1) is 31.4 Å². The Morgan fingerprint density at radius 2 is 1.29 bits per heavy atom. The second-order valence-electron chi connectivity index (χ2n) is 7.25. The number of carbonyl (C=O) groups is 1. The van der Waals surface area contributed by atoms with Gasteiger partial charge in [-0.3, -0.25) is 0 Å². The van der Waals surface area contributed by atoms with Crippen molar-refractivity contribution in [2.24, 2.45) is 5.41 Å². The number of hydrogen-bond donors (Lipinski definition) is 0. The molecule has 0 aliphatic heterocycles. The molecule has 0 saturated heterocycles. The van der Waals surface area contributed by atoms with Crippen molar-refractivity contribution in [3.05, 3.63) is 114 Å². The second kappa shape index (κ2) is 18.5. The van der Waals surface area contributed by atoms with E-state index in [1.807, 2.05) is 57.2 Å². The van der Waals surface area contributed by atoms with Gasteiger partial charge in [-0.1, -0.05) is 57.2 Å². The molecule has 2 rings (SSSR count). The quantitative estimate of drug-likeness (QED) is 0.191. The van der Waals surface area contributed by atoms with E-state index in [4.69, 9.17) is 14.0 Å². The van der Waals surface area contributed by atoms with Crippen LogP contribution in [-0.4, -0.2) is 20.5 Å². The van der Waals surface area contributed by atoms with Gasteiger partial charge in [0.2, 0.25) is 0 Å². The molecule has 0 aliphatic rings. The van der Waals surface area contributed by atoms with Gasteiger partial charge >= 0.3 is 33.9 Å².